The predicted molar refractivity (Wildman–Crippen MR) is 67.7 cm³/mol. The monoisotopic (exact) mass is 249 g/mol. The molecular formula is C13H15NO4. The zero-order valence-electron chi connectivity index (χ0n) is 9.80. The van der Waals surface area contributed by atoms with Crippen LogP contribution >= 0.6 is 0 Å². The highest BCUT2D eigenvalue weighted by atomic mass is 16.4. The molecule has 0 amide bonds. The van der Waals surface area contributed by atoms with Gasteiger partial charge in [-0.2, -0.15) is 0 Å². The molecule has 0 bridgehead atoms. The van der Waals surface area contributed by atoms with Gasteiger partial charge in [0.15, 0.2) is 0 Å². The van der Waals surface area contributed by atoms with E-state index in [1.165, 1.54) is 24.1 Å². The zero-order chi connectivity index (χ0) is 13.4. The Morgan fingerprint density at radius 1 is 1.11 bits per heavy atom. The van der Waals surface area contributed by atoms with Gasteiger partial charge in [0.2, 0.25) is 0 Å². The van der Waals surface area contributed by atoms with Crippen LogP contribution in [0.1, 0.15) is 12.0 Å². The quantitative estimate of drug-likeness (QED) is 0.695. The smallest absolute Gasteiger partial charge is 0.328 e. The summed E-state index contributed by atoms with van der Waals surface area (Å²) in [7, 11) is 0. The van der Waals surface area contributed by atoms with Gasteiger partial charge in [0.25, 0.3) is 0 Å². The molecule has 0 aromatic heterocycles. The maximum Gasteiger partial charge on any atom is 0.328 e. The van der Waals surface area contributed by atoms with Gasteiger partial charge in [-0.1, -0.05) is 18.2 Å². The molecule has 18 heavy (non-hydrogen) atoms. The lowest BCUT2D eigenvalue weighted by Crippen LogP contribution is -2.10. The molecule has 2 rings (SSSR count). The molecule has 0 spiro atoms. The van der Waals surface area contributed by atoms with E-state index in [-0.39, 0.29) is 0 Å². The summed E-state index contributed by atoms with van der Waals surface area (Å²) in [5, 5.41) is 19.0. The van der Waals surface area contributed by atoms with Crippen LogP contribution in [0.5, 0.6) is 0 Å². The average molecular weight is 249 g/mol. The summed E-state index contributed by atoms with van der Waals surface area (Å²) in [6.45, 7) is 1.14. The summed E-state index contributed by atoms with van der Waals surface area (Å²) >= 11 is 0. The van der Waals surface area contributed by atoms with Gasteiger partial charge in [0.05, 0.1) is 0 Å². The minimum absolute atomic E-state index is 0.558. The van der Waals surface area contributed by atoms with E-state index in [9.17, 15) is 9.59 Å². The number of aryl methyl sites for hydroxylation is 1. The van der Waals surface area contributed by atoms with Crippen LogP contribution in [0.15, 0.2) is 36.4 Å². The van der Waals surface area contributed by atoms with Crippen molar-refractivity contribution in [3.63, 3.8) is 0 Å². The molecule has 0 radical (unpaired) electrons. The number of aliphatic carboxylic acids is 2. The van der Waals surface area contributed by atoms with E-state index in [0.29, 0.717) is 12.2 Å². The van der Waals surface area contributed by atoms with Crippen molar-refractivity contribution in [2.75, 3.05) is 11.9 Å². The van der Waals surface area contributed by atoms with Gasteiger partial charge in [-0.15, -0.1) is 0 Å². The second-order valence-electron chi connectivity index (χ2n) is 3.70. The summed E-state index contributed by atoms with van der Waals surface area (Å²) in [5.74, 6) is -2.51. The highest BCUT2D eigenvalue weighted by Gasteiger charge is 2.04. The Morgan fingerprint density at radius 2 is 1.72 bits per heavy atom. The van der Waals surface area contributed by atoms with Gasteiger partial charge in [-0.3, -0.25) is 0 Å². The van der Waals surface area contributed by atoms with Crippen molar-refractivity contribution in [3.05, 3.63) is 42.0 Å². The number of carbonyl (C=O) groups is 2. The molecule has 1 aromatic rings. The molecule has 1 aliphatic heterocycles. The number of carboxylic acids is 2. The number of rotatable bonds is 2. The third-order valence-corrected chi connectivity index (χ3v) is 2.32. The molecule has 0 fully saturated rings. The summed E-state index contributed by atoms with van der Waals surface area (Å²) in [4.78, 5) is 19.1. The first-order valence-electron chi connectivity index (χ1n) is 5.55. The lowest BCUT2D eigenvalue weighted by Gasteiger charge is -2.16. The molecule has 1 heterocycles. The number of fused-ring (bicyclic) bond motifs is 1. The average Bonchev–Trinajstić information content (AvgIpc) is 2.37. The first-order valence-corrected chi connectivity index (χ1v) is 5.55. The van der Waals surface area contributed by atoms with Crippen LogP contribution in [0.4, 0.5) is 5.69 Å². The Hall–Kier alpha value is -2.30. The number of nitrogens with one attached hydrogen (secondary N) is 1. The maximum absolute atomic E-state index is 9.55. The molecule has 0 unspecified atom stereocenters. The van der Waals surface area contributed by atoms with Gasteiger partial charge in [-0.05, 0) is 24.5 Å². The molecule has 0 saturated carbocycles. The van der Waals surface area contributed by atoms with Crippen LogP contribution in [0.2, 0.25) is 0 Å². The normalized spacial score (nSPS) is 12.9. The number of benzene rings is 1. The molecule has 1 aliphatic rings. The number of hydrogen-bond acceptors (Lipinski definition) is 3. The van der Waals surface area contributed by atoms with Crippen molar-refractivity contribution in [1.82, 2.24) is 0 Å². The zero-order valence-corrected chi connectivity index (χ0v) is 9.80. The van der Waals surface area contributed by atoms with Crippen molar-refractivity contribution in [3.8, 4) is 0 Å². The SMILES string of the molecule is O=C(O)C=CC(=O)O.c1ccc2c(c1)CCCN2. The summed E-state index contributed by atoms with van der Waals surface area (Å²) in [6.07, 6.45) is 3.63. The van der Waals surface area contributed by atoms with Crippen molar-refractivity contribution < 1.29 is 19.8 Å². The molecule has 1 aromatic carbocycles. The van der Waals surface area contributed by atoms with Crippen molar-refractivity contribution in [1.29, 1.82) is 0 Å². The Labute approximate surface area is 105 Å². The van der Waals surface area contributed by atoms with E-state index >= 15 is 0 Å². The molecule has 3 N–H and O–H groups in total. The molecule has 96 valence electrons. The first kappa shape index (κ1) is 13.8. The third-order valence-electron chi connectivity index (χ3n) is 2.32. The van der Waals surface area contributed by atoms with E-state index < -0.39 is 11.9 Å². The van der Waals surface area contributed by atoms with E-state index in [1.807, 2.05) is 0 Å². The molecule has 0 atom stereocenters. The van der Waals surface area contributed by atoms with Crippen LogP contribution in [0.3, 0.4) is 0 Å². The Bertz CT molecular complexity index is 413. The minimum atomic E-state index is -1.26. The lowest BCUT2D eigenvalue weighted by atomic mass is 10.0. The van der Waals surface area contributed by atoms with E-state index in [2.05, 4.69) is 29.6 Å². The lowest BCUT2D eigenvalue weighted by molar-refractivity contribution is -0.134. The van der Waals surface area contributed by atoms with E-state index in [4.69, 9.17) is 10.2 Å². The molecule has 5 nitrogen and oxygen atoms in total. The van der Waals surface area contributed by atoms with Gasteiger partial charge >= 0.3 is 11.9 Å². The predicted octanol–water partition coefficient (Wildman–Crippen LogP) is 1.76. The second kappa shape index (κ2) is 7.11. The third kappa shape index (κ3) is 5.16. The second-order valence-corrected chi connectivity index (χ2v) is 3.70. The summed E-state index contributed by atoms with van der Waals surface area (Å²) in [6, 6.07) is 8.53. The minimum Gasteiger partial charge on any atom is -0.478 e. The summed E-state index contributed by atoms with van der Waals surface area (Å²) < 4.78 is 0. The van der Waals surface area contributed by atoms with Gasteiger partial charge < -0.3 is 15.5 Å². The van der Waals surface area contributed by atoms with Gasteiger partial charge in [0.1, 0.15) is 0 Å². The van der Waals surface area contributed by atoms with Crippen molar-refractivity contribution in [2.45, 2.75) is 12.8 Å². The highest BCUT2D eigenvalue weighted by molar-refractivity contribution is 5.89. The fraction of sp³-hybridized carbons (Fsp3) is 0.231. The van der Waals surface area contributed by atoms with Gasteiger partial charge in [0, 0.05) is 24.4 Å². The number of para-hydroxylation sites is 1. The Kier molecular flexibility index (Phi) is 5.44. The fourth-order valence-electron chi connectivity index (χ4n) is 1.56. The number of carboxylic acid groups (broad SMARTS) is 2. The van der Waals surface area contributed by atoms with Crippen LogP contribution < -0.4 is 5.32 Å². The van der Waals surface area contributed by atoms with Crippen LogP contribution in [0, 0.1) is 0 Å². The first-order chi connectivity index (χ1) is 8.59. The largest absolute Gasteiger partial charge is 0.478 e. The van der Waals surface area contributed by atoms with Gasteiger partial charge in [-0.25, -0.2) is 9.59 Å². The fourth-order valence-corrected chi connectivity index (χ4v) is 1.56. The van der Waals surface area contributed by atoms with Crippen LogP contribution in [-0.2, 0) is 16.0 Å². The standard InChI is InChI=1S/C9H11N.C4H4O4/c1-2-6-9-8(4-1)5-3-7-10-9;5-3(6)1-2-4(7)8/h1-2,4,6,10H,3,5,7H2;1-2H,(H,5,6)(H,7,8). The topological polar surface area (TPSA) is 86.6 Å². The van der Waals surface area contributed by atoms with Crippen molar-refractivity contribution in [2.24, 2.45) is 0 Å². The van der Waals surface area contributed by atoms with Crippen LogP contribution in [0.25, 0.3) is 0 Å². The molecular weight excluding hydrogens is 234 g/mol. The Morgan fingerprint density at radius 3 is 2.28 bits per heavy atom. The molecule has 0 saturated heterocycles. The number of anilines is 1. The highest BCUT2D eigenvalue weighted by Crippen LogP contribution is 2.20. The van der Waals surface area contributed by atoms with E-state index in [0.717, 1.165) is 6.54 Å². The van der Waals surface area contributed by atoms with Crippen molar-refractivity contribution >= 4 is 17.6 Å². The Balaban J connectivity index is 0.000000187. The van der Waals surface area contributed by atoms with Crippen LogP contribution in [-0.4, -0.2) is 28.7 Å². The maximum atomic E-state index is 9.55. The number of hydrogen-bond donors (Lipinski definition) is 3. The molecule has 5 heteroatoms. The molecule has 0 aliphatic carbocycles. The van der Waals surface area contributed by atoms with E-state index in [1.54, 1.807) is 0 Å². The summed E-state index contributed by atoms with van der Waals surface area (Å²) in [5.41, 5.74) is 2.79.